The number of amides is 1. The average molecular weight is 401 g/mol. The first-order valence-electron chi connectivity index (χ1n) is 7.50. The summed E-state index contributed by atoms with van der Waals surface area (Å²) in [5.41, 5.74) is 5.81. The van der Waals surface area contributed by atoms with E-state index in [1.165, 1.54) is 12.1 Å². The summed E-state index contributed by atoms with van der Waals surface area (Å²) in [5.74, 6) is -2.06. The number of primary amides is 1. The van der Waals surface area contributed by atoms with E-state index >= 15 is 0 Å². The average Bonchev–Trinajstić information content (AvgIpc) is 2.59. The lowest BCUT2D eigenvalue weighted by molar-refractivity contribution is -0.275. The van der Waals surface area contributed by atoms with Crippen molar-refractivity contribution >= 4 is 15.9 Å². The number of para-hydroxylation sites is 1. The summed E-state index contributed by atoms with van der Waals surface area (Å²) in [5, 5.41) is 0. The number of benzene rings is 1. The van der Waals surface area contributed by atoms with Crippen molar-refractivity contribution in [1.29, 1.82) is 0 Å². The molecule has 143 valence electrons. The van der Waals surface area contributed by atoms with Gasteiger partial charge in [0.05, 0.1) is 18.4 Å². The normalized spacial score (nSPS) is 15.2. The lowest BCUT2D eigenvalue weighted by Crippen LogP contribution is -2.37. The number of rotatable bonds is 4. The molecule has 12 heteroatoms. The molecule has 0 aliphatic carbocycles. The molecule has 0 bridgehead atoms. The maximum Gasteiger partial charge on any atom is 0.573 e. The first kappa shape index (κ1) is 19.0. The van der Waals surface area contributed by atoms with E-state index in [1.807, 2.05) is 0 Å². The number of hydrogen-bond acceptors (Lipinski definition) is 6. The molecule has 0 unspecified atom stereocenters. The number of carbonyl (C=O) groups is 1. The predicted octanol–water partition coefficient (Wildman–Crippen LogP) is 1.02. The van der Waals surface area contributed by atoms with Gasteiger partial charge in [0.15, 0.2) is 0 Å². The van der Waals surface area contributed by atoms with Crippen LogP contribution in [0.4, 0.5) is 13.2 Å². The van der Waals surface area contributed by atoms with Gasteiger partial charge in [-0.1, -0.05) is 12.1 Å². The third-order valence-corrected chi connectivity index (χ3v) is 5.62. The molecule has 8 nitrogen and oxygen atoms in total. The number of hydrogen-bond donors (Lipinski definition) is 1. The van der Waals surface area contributed by atoms with Crippen molar-refractivity contribution in [2.24, 2.45) is 5.73 Å². The molecule has 3 rings (SSSR count). The van der Waals surface area contributed by atoms with E-state index in [4.69, 9.17) is 5.73 Å². The molecule has 1 amide bonds. The number of sulfonamides is 1. The van der Waals surface area contributed by atoms with Crippen LogP contribution in [0.5, 0.6) is 5.75 Å². The molecule has 1 aliphatic rings. The van der Waals surface area contributed by atoms with Gasteiger partial charge >= 0.3 is 6.36 Å². The van der Waals surface area contributed by atoms with E-state index in [1.54, 1.807) is 0 Å². The van der Waals surface area contributed by atoms with Crippen LogP contribution in [0.2, 0.25) is 0 Å². The fraction of sp³-hybridized carbons (Fsp3) is 0.267. The molecule has 1 aromatic heterocycles. The number of fused-ring (bicyclic) bond motifs is 1. The van der Waals surface area contributed by atoms with E-state index in [9.17, 15) is 26.4 Å². The molecule has 0 saturated heterocycles. The van der Waals surface area contributed by atoms with E-state index in [0.29, 0.717) is 5.56 Å². The lowest BCUT2D eigenvalue weighted by Gasteiger charge is -2.27. The highest BCUT2D eigenvalue weighted by molar-refractivity contribution is 7.89. The van der Waals surface area contributed by atoms with Crippen molar-refractivity contribution in [1.82, 2.24) is 14.3 Å². The SMILES string of the molecule is NC(=O)c1n[c]c2c(n1)CN(S(=O)(=O)c1ccccc1OC(F)(F)F)CC2. The molecule has 27 heavy (non-hydrogen) atoms. The molecule has 2 aromatic rings. The number of nitrogens with two attached hydrogens (primary N) is 1. The number of ether oxygens (including phenoxy) is 1. The Morgan fingerprint density at radius 2 is 2.00 bits per heavy atom. The third kappa shape index (κ3) is 4.01. The number of carbonyl (C=O) groups excluding carboxylic acids is 1. The van der Waals surface area contributed by atoms with Crippen LogP contribution in [0.25, 0.3) is 0 Å². The van der Waals surface area contributed by atoms with Gasteiger partial charge in [-0.05, 0) is 18.6 Å². The molecule has 0 saturated carbocycles. The van der Waals surface area contributed by atoms with Gasteiger partial charge < -0.3 is 10.5 Å². The first-order chi connectivity index (χ1) is 12.6. The van der Waals surface area contributed by atoms with Crippen LogP contribution < -0.4 is 10.5 Å². The van der Waals surface area contributed by atoms with Gasteiger partial charge in [-0.15, -0.1) is 13.2 Å². The van der Waals surface area contributed by atoms with Crippen molar-refractivity contribution in [2.45, 2.75) is 24.2 Å². The Morgan fingerprint density at radius 3 is 2.67 bits per heavy atom. The fourth-order valence-corrected chi connectivity index (χ4v) is 4.06. The maximum absolute atomic E-state index is 12.9. The minimum Gasteiger partial charge on any atom is -0.404 e. The molecule has 0 atom stereocenters. The van der Waals surface area contributed by atoms with Crippen LogP contribution in [0, 0.1) is 6.20 Å². The first-order valence-corrected chi connectivity index (χ1v) is 8.94. The Bertz CT molecular complexity index is 995. The summed E-state index contributed by atoms with van der Waals surface area (Å²) in [4.78, 5) is 18.1. The summed E-state index contributed by atoms with van der Waals surface area (Å²) in [6, 6.07) is 4.45. The zero-order valence-corrected chi connectivity index (χ0v) is 14.3. The van der Waals surface area contributed by atoms with Crippen LogP contribution in [-0.2, 0) is 23.0 Å². The second-order valence-electron chi connectivity index (χ2n) is 5.53. The van der Waals surface area contributed by atoms with Crippen LogP contribution in [0.1, 0.15) is 21.9 Å². The minimum absolute atomic E-state index is 0.0224. The van der Waals surface area contributed by atoms with Crippen molar-refractivity contribution in [3.63, 3.8) is 0 Å². The van der Waals surface area contributed by atoms with Gasteiger partial charge in [0, 0.05) is 12.1 Å². The molecule has 1 aromatic carbocycles. The van der Waals surface area contributed by atoms with E-state index in [0.717, 1.165) is 16.4 Å². The smallest absolute Gasteiger partial charge is 0.404 e. The zero-order chi connectivity index (χ0) is 19.8. The highest BCUT2D eigenvalue weighted by Gasteiger charge is 2.36. The Balaban J connectivity index is 1.96. The highest BCUT2D eigenvalue weighted by Crippen LogP contribution is 2.32. The molecule has 2 N–H and O–H groups in total. The Labute approximate surface area is 151 Å². The van der Waals surface area contributed by atoms with Gasteiger partial charge in [-0.3, -0.25) is 4.79 Å². The Morgan fingerprint density at radius 1 is 1.30 bits per heavy atom. The largest absolute Gasteiger partial charge is 0.573 e. The van der Waals surface area contributed by atoms with E-state index in [-0.39, 0.29) is 31.0 Å². The van der Waals surface area contributed by atoms with Crippen molar-refractivity contribution in [3.8, 4) is 5.75 Å². The second-order valence-corrected chi connectivity index (χ2v) is 7.44. The highest BCUT2D eigenvalue weighted by atomic mass is 32.2. The summed E-state index contributed by atoms with van der Waals surface area (Å²) in [7, 11) is -4.32. The van der Waals surface area contributed by atoms with E-state index < -0.39 is 32.9 Å². The number of aromatic nitrogens is 2. The van der Waals surface area contributed by atoms with Gasteiger partial charge in [0.2, 0.25) is 15.8 Å². The van der Waals surface area contributed by atoms with Crippen LogP contribution in [0.3, 0.4) is 0 Å². The van der Waals surface area contributed by atoms with Gasteiger partial charge in [0.25, 0.3) is 5.91 Å². The summed E-state index contributed by atoms with van der Waals surface area (Å²) in [6.45, 7) is -0.289. The maximum atomic E-state index is 12.9. The summed E-state index contributed by atoms with van der Waals surface area (Å²) in [6.07, 6.45) is -2.28. The van der Waals surface area contributed by atoms with Crippen LogP contribution >= 0.6 is 0 Å². The molecular weight excluding hydrogens is 389 g/mol. The fourth-order valence-electron chi connectivity index (χ4n) is 2.55. The summed E-state index contributed by atoms with van der Waals surface area (Å²) < 4.78 is 68.2. The minimum atomic E-state index is -5.04. The quantitative estimate of drug-likeness (QED) is 0.818. The molecule has 2 heterocycles. The van der Waals surface area contributed by atoms with E-state index in [2.05, 4.69) is 20.9 Å². The lowest BCUT2D eigenvalue weighted by atomic mass is 10.1. The molecule has 0 spiro atoms. The summed E-state index contributed by atoms with van der Waals surface area (Å²) >= 11 is 0. The topological polar surface area (TPSA) is 115 Å². The van der Waals surface area contributed by atoms with Gasteiger partial charge in [0.1, 0.15) is 10.6 Å². The predicted molar refractivity (Wildman–Crippen MR) is 83.8 cm³/mol. The van der Waals surface area contributed by atoms with Crippen molar-refractivity contribution in [3.05, 3.63) is 47.5 Å². The van der Waals surface area contributed by atoms with Crippen molar-refractivity contribution in [2.75, 3.05) is 6.54 Å². The number of halogens is 3. The van der Waals surface area contributed by atoms with Gasteiger partial charge in [-0.25, -0.2) is 18.4 Å². The molecule has 1 radical (unpaired) electrons. The Hall–Kier alpha value is -2.73. The van der Waals surface area contributed by atoms with Crippen molar-refractivity contribution < 1.29 is 31.1 Å². The zero-order valence-electron chi connectivity index (χ0n) is 13.5. The molecular formula is C15H12F3N4O4S. The van der Waals surface area contributed by atoms with Gasteiger partial charge in [-0.2, -0.15) is 4.31 Å². The Kier molecular flexibility index (Phi) is 4.78. The molecule has 1 aliphatic heterocycles. The monoisotopic (exact) mass is 401 g/mol. The van der Waals surface area contributed by atoms with Crippen LogP contribution in [0.15, 0.2) is 29.2 Å². The second kappa shape index (κ2) is 6.78. The number of alkyl halides is 3. The standard InChI is InChI=1S/C15H12F3N4O4S/c16-15(17,18)26-11-3-1-2-4-12(11)27(24,25)22-6-5-9-7-20-14(13(19)23)21-10(9)8-22/h1-4H,5-6,8H2,(H2,19,23). The number of nitrogens with zero attached hydrogens (tertiary/aromatic N) is 3. The molecule has 0 fully saturated rings. The third-order valence-electron chi connectivity index (χ3n) is 3.74. The van der Waals surface area contributed by atoms with Crippen LogP contribution in [-0.4, -0.2) is 41.5 Å².